The van der Waals surface area contributed by atoms with Gasteiger partial charge in [-0.25, -0.2) is 13.4 Å². The third kappa shape index (κ3) is 3.00. The van der Waals surface area contributed by atoms with Crippen LogP contribution < -0.4 is 10.6 Å². The Labute approximate surface area is 111 Å². The average Bonchev–Trinajstić information content (AvgIpc) is 2.73. The largest absolute Gasteiger partial charge is 0.378 e. The highest BCUT2D eigenvalue weighted by molar-refractivity contribution is 7.91. The van der Waals surface area contributed by atoms with Crippen LogP contribution in [0.3, 0.4) is 0 Å². The summed E-state index contributed by atoms with van der Waals surface area (Å²) in [6, 6.07) is 0. The molecule has 2 rings (SSSR count). The van der Waals surface area contributed by atoms with Crippen LogP contribution in [0, 0.1) is 0 Å². The van der Waals surface area contributed by atoms with Gasteiger partial charge in [0.15, 0.2) is 15.0 Å². The number of hydrogen-bond donors (Lipinski definition) is 1. The molecular weight excluding hydrogens is 274 g/mol. The van der Waals surface area contributed by atoms with Crippen molar-refractivity contribution in [1.82, 2.24) is 4.98 Å². The monoisotopic (exact) mass is 291 g/mol. The second-order valence-corrected chi connectivity index (χ2v) is 7.51. The van der Waals surface area contributed by atoms with Gasteiger partial charge in [0.2, 0.25) is 0 Å². The lowest BCUT2D eigenvalue weighted by Gasteiger charge is -2.25. The molecule has 1 aliphatic rings. The van der Waals surface area contributed by atoms with Crippen LogP contribution in [0.1, 0.15) is 10.6 Å². The van der Waals surface area contributed by atoms with Crippen LogP contribution in [0.25, 0.3) is 0 Å². The summed E-state index contributed by atoms with van der Waals surface area (Å²) in [5, 5.41) is 0.845. The Morgan fingerprint density at radius 3 is 2.67 bits per heavy atom. The van der Waals surface area contributed by atoms with Gasteiger partial charge < -0.3 is 15.4 Å². The SMILES string of the molecule is COCc1nc(N2CCS(=O)(=O)CC2)sc1CN. The fourth-order valence-electron chi connectivity index (χ4n) is 1.82. The molecular formula is C10H17N3O3S2. The number of thiazole rings is 1. The molecule has 1 aromatic heterocycles. The lowest BCUT2D eigenvalue weighted by molar-refractivity contribution is 0.181. The number of anilines is 1. The van der Waals surface area contributed by atoms with Crippen molar-refractivity contribution >= 4 is 26.3 Å². The zero-order valence-electron chi connectivity index (χ0n) is 10.3. The molecule has 0 amide bonds. The van der Waals surface area contributed by atoms with Crippen LogP contribution in [0.2, 0.25) is 0 Å². The summed E-state index contributed by atoms with van der Waals surface area (Å²) < 4.78 is 27.8. The van der Waals surface area contributed by atoms with Crippen LogP contribution in [0.15, 0.2) is 0 Å². The zero-order valence-corrected chi connectivity index (χ0v) is 11.9. The van der Waals surface area contributed by atoms with Crippen molar-refractivity contribution in [3.8, 4) is 0 Å². The molecule has 0 saturated carbocycles. The van der Waals surface area contributed by atoms with E-state index in [2.05, 4.69) is 4.98 Å². The smallest absolute Gasteiger partial charge is 0.185 e. The quantitative estimate of drug-likeness (QED) is 0.839. The van der Waals surface area contributed by atoms with Gasteiger partial charge in [0, 0.05) is 31.6 Å². The number of sulfone groups is 1. The number of nitrogens with two attached hydrogens (primary N) is 1. The van der Waals surface area contributed by atoms with E-state index < -0.39 is 9.84 Å². The minimum Gasteiger partial charge on any atom is -0.378 e. The minimum atomic E-state index is -2.86. The van der Waals surface area contributed by atoms with Crippen molar-refractivity contribution in [3.63, 3.8) is 0 Å². The second kappa shape index (κ2) is 5.52. The number of nitrogens with zero attached hydrogens (tertiary/aromatic N) is 2. The molecule has 2 N–H and O–H groups in total. The highest BCUT2D eigenvalue weighted by atomic mass is 32.2. The fraction of sp³-hybridized carbons (Fsp3) is 0.700. The summed E-state index contributed by atoms with van der Waals surface area (Å²) in [4.78, 5) is 7.49. The van der Waals surface area contributed by atoms with E-state index in [0.29, 0.717) is 26.2 Å². The molecule has 0 spiro atoms. The zero-order chi connectivity index (χ0) is 13.2. The van der Waals surface area contributed by atoms with Crippen molar-refractivity contribution in [2.45, 2.75) is 13.2 Å². The third-order valence-corrected chi connectivity index (χ3v) is 5.64. The predicted molar refractivity (Wildman–Crippen MR) is 71.6 cm³/mol. The highest BCUT2D eigenvalue weighted by Gasteiger charge is 2.24. The molecule has 18 heavy (non-hydrogen) atoms. The van der Waals surface area contributed by atoms with Gasteiger partial charge in [-0.15, -0.1) is 11.3 Å². The molecule has 0 unspecified atom stereocenters. The molecule has 0 bridgehead atoms. The maximum absolute atomic E-state index is 11.4. The molecule has 102 valence electrons. The van der Waals surface area contributed by atoms with Crippen molar-refractivity contribution < 1.29 is 13.2 Å². The standard InChI is InChI=1S/C10H17N3O3S2/c1-16-7-8-9(6-11)17-10(12-8)13-2-4-18(14,15)5-3-13/h2-7,11H2,1H3. The Kier molecular flexibility index (Phi) is 4.21. The predicted octanol–water partition coefficient (Wildman–Crippen LogP) is -0.0170. The molecule has 8 heteroatoms. The average molecular weight is 291 g/mol. The first-order valence-corrected chi connectivity index (χ1v) is 8.32. The number of ether oxygens (including phenoxy) is 1. The first-order valence-electron chi connectivity index (χ1n) is 5.68. The number of rotatable bonds is 4. The van der Waals surface area contributed by atoms with Gasteiger partial charge >= 0.3 is 0 Å². The van der Waals surface area contributed by atoms with E-state index in [-0.39, 0.29) is 11.5 Å². The van der Waals surface area contributed by atoms with Gasteiger partial charge in [0.25, 0.3) is 0 Å². The molecule has 1 fully saturated rings. The molecule has 0 aliphatic carbocycles. The van der Waals surface area contributed by atoms with Crippen molar-refractivity contribution in [2.75, 3.05) is 36.6 Å². The number of methoxy groups -OCH3 is 1. The first kappa shape index (κ1) is 13.7. The van der Waals surface area contributed by atoms with E-state index in [9.17, 15) is 8.42 Å². The second-order valence-electron chi connectivity index (χ2n) is 4.14. The Bertz CT molecular complexity index is 498. The summed E-state index contributed by atoms with van der Waals surface area (Å²) in [7, 11) is -1.24. The molecule has 1 saturated heterocycles. The molecule has 0 aromatic carbocycles. The maximum atomic E-state index is 11.4. The van der Waals surface area contributed by atoms with Gasteiger partial charge in [0.05, 0.1) is 23.8 Å². The van der Waals surface area contributed by atoms with Crippen LogP contribution >= 0.6 is 11.3 Å². The molecule has 0 atom stereocenters. The van der Waals surface area contributed by atoms with Gasteiger partial charge in [0.1, 0.15) is 0 Å². The van der Waals surface area contributed by atoms with E-state index in [1.807, 2.05) is 4.90 Å². The van der Waals surface area contributed by atoms with Crippen molar-refractivity contribution in [1.29, 1.82) is 0 Å². The fourth-order valence-corrected chi connectivity index (χ4v) is 4.01. The highest BCUT2D eigenvalue weighted by Crippen LogP contribution is 2.27. The third-order valence-electron chi connectivity index (χ3n) is 2.85. The van der Waals surface area contributed by atoms with E-state index in [1.165, 1.54) is 11.3 Å². The van der Waals surface area contributed by atoms with E-state index in [4.69, 9.17) is 10.5 Å². The van der Waals surface area contributed by atoms with E-state index in [1.54, 1.807) is 7.11 Å². The Morgan fingerprint density at radius 1 is 1.44 bits per heavy atom. The normalized spacial score (nSPS) is 19.1. The van der Waals surface area contributed by atoms with Gasteiger partial charge in [-0.3, -0.25) is 0 Å². The van der Waals surface area contributed by atoms with Gasteiger partial charge in [-0.05, 0) is 0 Å². The molecule has 6 nitrogen and oxygen atoms in total. The van der Waals surface area contributed by atoms with E-state index in [0.717, 1.165) is 15.7 Å². The topological polar surface area (TPSA) is 85.5 Å². The molecule has 0 radical (unpaired) electrons. The summed E-state index contributed by atoms with van der Waals surface area (Å²) in [5.41, 5.74) is 6.52. The Balaban J connectivity index is 2.14. The van der Waals surface area contributed by atoms with Crippen molar-refractivity contribution in [2.24, 2.45) is 5.73 Å². The lowest BCUT2D eigenvalue weighted by atomic mass is 10.4. The van der Waals surface area contributed by atoms with Crippen LogP contribution in [0.5, 0.6) is 0 Å². The Hall–Kier alpha value is -0.700. The number of aromatic nitrogens is 1. The van der Waals surface area contributed by atoms with Crippen molar-refractivity contribution in [3.05, 3.63) is 10.6 Å². The summed E-state index contributed by atoms with van der Waals surface area (Å²) in [6.45, 7) is 1.89. The Morgan fingerprint density at radius 2 is 2.11 bits per heavy atom. The summed E-state index contributed by atoms with van der Waals surface area (Å²) in [6.07, 6.45) is 0. The lowest BCUT2D eigenvalue weighted by Crippen LogP contribution is -2.40. The molecule has 2 heterocycles. The van der Waals surface area contributed by atoms with Crippen LogP contribution in [-0.4, -0.2) is 45.1 Å². The number of hydrogen-bond acceptors (Lipinski definition) is 7. The summed E-state index contributed by atoms with van der Waals surface area (Å²) >= 11 is 1.52. The first-order chi connectivity index (χ1) is 8.55. The van der Waals surface area contributed by atoms with Crippen LogP contribution in [0.4, 0.5) is 5.13 Å². The summed E-state index contributed by atoms with van der Waals surface area (Å²) in [5.74, 6) is 0.397. The minimum absolute atomic E-state index is 0.199. The van der Waals surface area contributed by atoms with Gasteiger partial charge in [-0.1, -0.05) is 0 Å². The van der Waals surface area contributed by atoms with Crippen LogP contribution in [-0.2, 0) is 27.7 Å². The molecule has 1 aromatic rings. The maximum Gasteiger partial charge on any atom is 0.185 e. The van der Waals surface area contributed by atoms with Gasteiger partial charge in [-0.2, -0.15) is 0 Å². The molecule has 1 aliphatic heterocycles. The van der Waals surface area contributed by atoms with E-state index >= 15 is 0 Å².